The third-order valence-electron chi connectivity index (χ3n) is 4.39. The van der Waals surface area contributed by atoms with Crippen LogP contribution in [0.5, 0.6) is 0 Å². The zero-order valence-electron chi connectivity index (χ0n) is 16.4. The Hall–Kier alpha value is -3.76. The first-order valence-corrected chi connectivity index (χ1v) is 8.96. The first-order chi connectivity index (χ1) is 14.5. The average Bonchev–Trinajstić information content (AvgIpc) is 3.13. The molecular formula is C20H17F4N5O2. The fraction of sp³-hybridized carbons (Fsp3) is 0.200. The van der Waals surface area contributed by atoms with Crippen molar-refractivity contribution in [2.45, 2.75) is 26.1 Å². The molecule has 31 heavy (non-hydrogen) atoms. The van der Waals surface area contributed by atoms with Crippen molar-refractivity contribution in [2.75, 3.05) is 0 Å². The van der Waals surface area contributed by atoms with Crippen LogP contribution in [0, 0.1) is 11.0 Å². The number of aromatic nitrogens is 4. The van der Waals surface area contributed by atoms with Crippen LogP contribution in [0.15, 0.2) is 49.4 Å². The number of carbonyl (C=O) groups is 1. The van der Waals surface area contributed by atoms with Gasteiger partial charge in [0.1, 0.15) is 11.5 Å². The second-order valence-electron chi connectivity index (χ2n) is 6.82. The maximum absolute atomic E-state index is 13.1. The molecule has 0 unspecified atom stereocenters. The molecule has 1 amide bonds. The van der Waals surface area contributed by atoms with Gasteiger partial charge in [-0.2, -0.15) is 23.0 Å². The van der Waals surface area contributed by atoms with Gasteiger partial charge in [0.25, 0.3) is 11.6 Å². The van der Waals surface area contributed by atoms with Gasteiger partial charge in [0.15, 0.2) is 12.0 Å². The Morgan fingerprint density at radius 1 is 1.29 bits per heavy atom. The van der Waals surface area contributed by atoms with Gasteiger partial charge in [0.2, 0.25) is 0 Å². The van der Waals surface area contributed by atoms with E-state index >= 15 is 0 Å². The maximum Gasteiger partial charge on any atom is 0.478 e. The number of hydrogen-bond acceptors (Lipinski definition) is 4. The summed E-state index contributed by atoms with van der Waals surface area (Å²) in [6.07, 6.45) is -1.64. The van der Waals surface area contributed by atoms with Crippen LogP contribution in [0.25, 0.3) is 11.4 Å². The molecular weight excluding hydrogens is 418 g/mol. The highest BCUT2D eigenvalue weighted by Gasteiger charge is 2.39. The fourth-order valence-corrected chi connectivity index (χ4v) is 2.81. The van der Waals surface area contributed by atoms with E-state index in [-0.39, 0.29) is 27.4 Å². The van der Waals surface area contributed by atoms with E-state index < -0.39 is 29.6 Å². The minimum atomic E-state index is -4.79. The Morgan fingerprint density at radius 2 is 2.00 bits per heavy atom. The molecule has 0 aliphatic rings. The number of nitrogens with one attached hydrogen (secondary N) is 1. The van der Waals surface area contributed by atoms with E-state index in [2.05, 4.69) is 22.0 Å². The third kappa shape index (κ3) is 4.71. The molecule has 0 radical (unpaired) electrons. The predicted molar refractivity (Wildman–Crippen MR) is 102 cm³/mol. The van der Waals surface area contributed by atoms with Gasteiger partial charge in [0, 0.05) is 17.8 Å². The first-order valence-electron chi connectivity index (χ1n) is 8.96. The lowest BCUT2D eigenvalue weighted by Gasteiger charge is -2.15. The van der Waals surface area contributed by atoms with Gasteiger partial charge in [-0.1, -0.05) is 6.58 Å². The van der Waals surface area contributed by atoms with E-state index in [0.717, 1.165) is 18.5 Å². The van der Waals surface area contributed by atoms with E-state index in [1.54, 1.807) is 6.92 Å². The minimum Gasteiger partial charge on any atom is -0.618 e. The van der Waals surface area contributed by atoms with Gasteiger partial charge in [0.05, 0.1) is 17.8 Å². The molecule has 1 N–H and O–H groups in total. The first kappa shape index (κ1) is 21.9. The molecule has 1 atom stereocenters. The van der Waals surface area contributed by atoms with Gasteiger partial charge in [-0.05, 0) is 37.6 Å². The normalized spacial score (nSPS) is 12.5. The number of nitrogens with zero attached hydrogens (tertiary/aromatic N) is 4. The summed E-state index contributed by atoms with van der Waals surface area (Å²) in [6, 6.07) is 3.57. The van der Waals surface area contributed by atoms with E-state index in [1.807, 2.05) is 0 Å². The minimum absolute atomic E-state index is 0.132. The number of rotatable bonds is 5. The topological polar surface area (TPSA) is 86.8 Å². The van der Waals surface area contributed by atoms with Crippen LogP contribution < -0.4 is 10.0 Å². The smallest absolute Gasteiger partial charge is 0.478 e. The van der Waals surface area contributed by atoms with E-state index in [9.17, 15) is 27.6 Å². The van der Waals surface area contributed by atoms with Crippen molar-refractivity contribution in [1.29, 1.82) is 0 Å². The van der Waals surface area contributed by atoms with Crippen molar-refractivity contribution in [1.82, 2.24) is 20.1 Å². The molecule has 3 rings (SSSR count). The molecule has 0 spiro atoms. The summed E-state index contributed by atoms with van der Waals surface area (Å²) in [5, 5.41) is 18.6. The lowest BCUT2D eigenvalue weighted by molar-refractivity contribution is -0.629. The number of alkyl halides is 3. The van der Waals surface area contributed by atoms with E-state index in [0.29, 0.717) is 11.6 Å². The molecule has 3 aromatic rings. The van der Waals surface area contributed by atoms with Crippen molar-refractivity contribution < 1.29 is 27.1 Å². The van der Waals surface area contributed by atoms with Crippen molar-refractivity contribution in [3.8, 4) is 5.82 Å². The molecule has 7 nitrogen and oxygen atoms in total. The summed E-state index contributed by atoms with van der Waals surface area (Å²) < 4.78 is 52.4. The number of pyridine rings is 2. The summed E-state index contributed by atoms with van der Waals surface area (Å²) in [5.74, 6) is -0.850. The second kappa shape index (κ2) is 8.17. The van der Waals surface area contributed by atoms with Crippen molar-refractivity contribution >= 4 is 11.5 Å². The molecule has 0 saturated heterocycles. The predicted octanol–water partition coefficient (Wildman–Crippen LogP) is 3.58. The molecule has 162 valence electrons. The fourth-order valence-electron chi connectivity index (χ4n) is 2.81. The highest BCUT2D eigenvalue weighted by molar-refractivity contribution is 5.98. The van der Waals surface area contributed by atoms with E-state index in [4.69, 9.17) is 0 Å². The van der Waals surface area contributed by atoms with Crippen LogP contribution in [0.4, 0.5) is 17.6 Å². The molecule has 0 bridgehead atoms. The highest BCUT2D eigenvalue weighted by Crippen LogP contribution is 2.27. The maximum atomic E-state index is 13.1. The van der Waals surface area contributed by atoms with Crippen LogP contribution >= 0.6 is 0 Å². The van der Waals surface area contributed by atoms with Crippen molar-refractivity contribution in [3.05, 3.63) is 83.0 Å². The Labute approximate surface area is 174 Å². The van der Waals surface area contributed by atoms with Gasteiger partial charge in [-0.25, -0.2) is 14.1 Å². The number of carbonyl (C=O) groups excluding carboxylic acids is 1. The molecule has 11 heteroatoms. The quantitative estimate of drug-likeness (QED) is 0.377. The lowest BCUT2D eigenvalue weighted by Crippen LogP contribution is -2.38. The molecule has 0 aliphatic carbocycles. The summed E-state index contributed by atoms with van der Waals surface area (Å²) in [6.45, 7) is 6.94. The van der Waals surface area contributed by atoms with Crippen LogP contribution in [-0.2, 0) is 6.18 Å². The average molecular weight is 435 g/mol. The van der Waals surface area contributed by atoms with Crippen LogP contribution in [0.1, 0.15) is 47.2 Å². The van der Waals surface area contributed by atoms with Gasteiger partial charge >= 0.3 is 6.18 Å². The second-order valence-corrected chi connectivity index (χ2v) is 6.82. The van der Waals surface area contributed by atoms with E-state index in [1.165, 1.54) is 29.9 Å². The molecule has 0 saturated carbocycles. The van der Waals surface area contributed by atoms with Crippen molar-refractivity contribution in [3.63, 3.8) is 0 Å². The number of amides is 1. The summed E-state index contributed by atoms with van der Waals surface area (Å²) in [7, 11) is 0. The molecule has 0 fully saturated rings. The number of halogens is 4. The molecule has 3 heterocycles. The van der Waals surface area contributed by atoms with Crippen LogP contribution in [0.2, 0.25) is 0 Å². The number of hydrogen-bond donors (Lipinski definition) is 1. The zero-order valence-corrected chi connectivity index (χ0v) is 16.4. The summed E-state index contributed by atoms with van der Waals surface area (Å²) in [4.78, 5) is 16.7. The van der Waals surface area contributed by atoms with Gasteiger partial charge in [-0.3, -0.25) is 4.79 Å². The third-order valence-corrected chi connectivity index (χ3v) is 4.39. The lowest BCUT2D eigenvalue weighted by atomic mass is 10.1. The number of allylic oxidation sites excluding steroid dienone is 1. The van der Waals surface area contributed by atoms with Crippen LogP contribution in [-0.4, -0.2) is 20.7 Å². The summed E-state index contributed by atoms with van der Waals surface area (Å²) >= 11 is 0. The Kier molecular flexibility index (Phi) is 5.78. The monoisotopic (exact) mass is 435 g/mol. The molecule has 0 aromatic carbocycles. The Bertz CT molecular complexity index is 1140. The Balaban J connectivity index is 1.86. The zero-order chi connectivity index (χ0) is 22.9. The molecule has 0 aliphatic heterocycles. The van der Waals surface area contributed by atoms with Gasteiger partial charge < -0.3 is 10.5 Å². The standard InChI is InChI=1S/C20H17F4N5O2/c1-11(2)18-15(10-28(27-18)17-7-5-14(21)8-25-17)19(30)26-12(3)13-4-6-16(20(22,23)24)29(31)9-13/h4-10,12H,1H2,2-3H3,(H,26,30)/t12-/m1/s1. The highest BCUT2D eigenvalue weighted by atomic mass is 19.4. The Morgan fingerprint density at radius 3 is 2.55 bits per heavy atom. The van der Waals surface area contributed by atoms with Crippen molar-refractivity contribution in [2.24, 2.45) is 0 Å². The molecule has 3 aromatic heterocycles. The largest absolute Gasteiger partial charge is 0.618 e. The van der Waals surface area contributed by atoms with Crippen LogP contribution in [0.3, 0.4) is 0 Å². The SMILES string of the molecule is C=C(C)c1nn(-c2ccc(F)cn2)cc1C(=O)N[C@H](C)c1ccc(C(F)(F)F)[n+]([O-])c1. The van der Waals surface area contributed by atoms with Gasteiger partial charge in [-0.15, -0.1) is 0 Å². The summed E-state index contributed by atoms with van der Waals surface area (Å²) in [5.41, 5.74) is -0.298.